The van der Waals surface area contributed by atoms with Crippen LogP contribution in [0.15, 0.2) is 35.6 Å². The molecule has 1 heterocycles. The molecule has 0 aromatic heterocycles. The highest BCUT2D eigenvalue weighted by molar-refractivity contribution is 5.83. The molecule has 3 heteroatoms. The number of hydrogen-bond acceptors (Lipinski definition) is 2. The second-order valence-electron chi connectivity index (χ2n) is 5.61. The van der Waals surface area contributed by atoms with Crippen LogP contribution in [0.5, 0.6) is 0 Å². The number of carbonyl (C=O) groups is 1. The standard InChI is InChI=1S/C16H24N2O/c1-12(2)13-6-5-7-14(10-9-13)18-16(19)15-8-3-4-11-17-15/h5-6,9-10,12,15,17H,3-4,7-8,11H2,1-2H3,(H,18,19)/t15-/m0/s1. The summed E-state index contributed by atoms with van der Waals surface area (Å²) in [6.45, 7) is 5.31. The van der Waals surface area contributed by atoms with Gasteiger partial charge in [0.2, 0.25) is 5.91 Å². The van der Waals surface area contributed by atoms with E-state index in [0.717, 1.165) is 31.5 Å². The molecule has 0 saturated carbocycles. The third kappa shape index (κ3) is 4.06. The van der Waals surface area contributed by atoms with E-state index < -0.39 is 0 Å². The van der Waals surface area contributed by atoms with Gasteiger partial charge >= 0.3 is 0 Å². The molecule has 0 spiro atoms. The van der Waals surface area contributed by atoms with Crippen LogP contribution in [-0.4, -0.2) is 18.5 Å². The number of piperidine rings is 1. The highest BCUT2D eigenvalue weighted by atomic mass is 16.2. The summed E-state index contributed by atoms with van der Waals surface area (Å²) in [6.07, 6.45) is 12.5. The lowest BCUT2D eigenvalue weighted by Gasteiger charge is -2.23. The van der Waals surface area contributed by atoms with Crippen molar-refractivity contribution in [3.05, 3.63) is 35.6 Å². The van der Waals surface area contributed by atoms with Gasteiger partial charge in [-0.1, -0.05) is 38.5 Å². The monoisotopic (exact) mass is 260 g/mol. The Morgan fingerprint density at radius 2 is 2.21 bits per heavy atom. The van der Waals surface area contributed by atoms with Gasteiger partial charge in [0.05, 0.1) is 6.04 Å². The zero-order valence-corrected chi connectivity index (χ0v) is 11.9. The molecular formula is C16H24N2O. The third-order valence-electron chi connectivity index (χ3n) is 3.70. The summed E-state index contributed by atoms with van der Waals surface area (Å²) in [6, 6.07) is -0.0181. The summed E-state index contributed by atoms with van der Waals surface area (Å²) in [7, 11) is 0. The summed E-state index contributed by atoms with van der Waals surface area (Å²) in [5.41, 5.74) is 2.30. The predicted octanol–water partition coefficient (Wildman–Crippen LogP) is 2.67. The van der Waals surface area contributed by atoms with E-state index in [9.17, 15) is 4.79 Å². The van der Waals surface area contributed by atoms with Crippen molar-refractivity contribution in [1.29, 1.82) is 0 Å². The normalized spacial score (nSPS) is 23.6. The Balaban J connectivity index is 1.95. The van der Waals surface area contributed by atoms with E-state index in [4.69, 9.17) is 0 Å². The van der Waals surface area contributed by atoms with Crippen molar-refractivity contribution in [3.63, 3.8) is 0 Å². The number of hydrogen-bond donors (Lipinski definition) is 2. The molecule has 1 aliphatic heterocycles. The molecule has 0 aromatic rings. The minimum absolute atomic E-state index is 0.0181. The number of allylic oxidation sites excluding steroid dienone is 5. The van der Waals surface area contributed by atoms with Crippen LogP contribution in [-0.2, 0) is 4.79 Å². The molecule has 2 aliphatic rings. The van der Waals surface area contributed by atoms with Crippen LogP contribution in [0.25, 0.3) is 0 Å². The topological polar surface area (TPSA) is 41.1 Å². The maximum Gasteiger partial charge on any atom is 0.241 e. The minimum atomic E-state index is -0.0181. The first-order valence-corrected chi connectivity index (χ1v) is 7.28. The van der Waals surface area contributed by atoms with Crippen molar-refractivity contribution >= 4 is 5.91 Å². The smallest absolute Gasteiger partial charge is 0.241 e. The lowest BCUT2D eigenvalue weighted by Crippen LogP contribution is -2.46. The Hall–Kier alpha value is -1.35. The molecule has 1 saturated heterocycles. The molecular weight excluding hydrogens is 236 g/mol. The van der Waals surface area contributed by atoms with Crippen molar-refractivity contribution in [2.75, 3.05) is 6.54 Å². The van der Waals surface area contributed by atoms with Crippen LogP contribution in [0.2, 0.25) is 0 Å². The highest BCUT2D eigenvalue weighted by Gasteiger charge is 2.20. The van der Waals surface area contributed by atoms with Crippen LogP contribution >= 0.6 is 0 Å². The molecule has 1 amide bonds. The summed E-state index contributed by atoms with van der Waals surface area (Å²) < 4.78 is 0. The van der Waals surface area contributed by atoms with Crippen molar-refractivity contribution in [2.45, 2.75) is 45.6 Å². The number of amides is 1. The predicted molar refractivity (Wildman–Crippen MR) is 78.5 cm³/mol. The van der Waals surface area contributed by atoms with E-state index in [0.29, 0.717) is 5.92 Å². The van der Waals surface area contributed by atoms with Crippen LogP contribution in [0, 0.1) is 5.92 Å². The molecule has 0 unspecified atom stereocenters. The maximum atomic E-state index is 12.1. The summed E-state index contributed by atoms with van der Waals surface area (Å²) >= 11 is 0. The van der Waals surface area contributed by atoms with E-state index in [1.807, 2.05) is 6.08 Å². The SMILES string of the molecule is CC(C)C1=CC=C(NC(=O)[C@@H]2CCCCN2)CC=C1. The Kier molecular flexibility index (Phi) is 4.97. The van der Waals surface area contributed by atoms with Gasteiger partial charge in [-0.05, 0) is 37.0 Å². The van der Waals surface area contributed by atoms with Gasteiger partial charge in [0.25, 0.3) is 0 Å². The molecule has 0 radical (unpaired) electrons. The Morgan fingerprint density at radius 3 is 2.89 bits per heavy atom. The first kappa shape index (κ1) is 14.1. The molecule has 1 aliphatic carbocycles. The van der Waals surface area contributed by atoms with Crippen LogP contribution in [0.1, 0.15) is 39.5 Å². The molecule has 2 N–H and O–H groups in total. The van der Waals surface area contributed by atoms with Gasteiger partial charge < -0.3 is 10.6 Å². The van der Waals surface area contributed by atoms with Crippen molar-refractivity contribution < 1.29 is 4.79 Å². The molecule has 1 atom stereocenters. The van der Waals surface area contributed by atoms with Gasteiger partial charge in [0.15, 0.2) is 0 Å². The average Bonchev–Trinajstić information content (AvgIpc) is 2.65. The fraction of sp³-hybridized carbons (Fsp3) is 0.562. The van der Waals surface area contributed by atoms with Gasteiger partial charge in [-0.15, -0.1) is 0 Å². The number of carbonyl (C=O) groups excluding carboxylic acids is 1. The van der Waals surface area contributed by atoms with E-state index >= 15 is 0 Å². The maximum absolute atomic E-state index is 12.1. The molecule has 0 aromatic carbocycles. The Labute approximate surface area is 115 Å². The van der Waals surface area contributed by atoms with Gasteiger partial charge in [-0.3, -0.25) is 4.79 Å². The van der Waals surface area contributed by atoms with Crippen molar-refractivity contribution in [1.82, 2.24) is 10.6 Å². The molecule has 0 bridgehead atoms. The minimum Gasteiger partial charge on any atom is -0.328 e. The van der Waals surface area contributed by atoms with Crippen LogP contribution in [0.4, 0.5) is 0 Å². The molecule has 2 rings (SSSR count). The van der Waals surface area contributed by atoms with Crippen molar-refractivity contribution in [2.24, 2.45) is 5.92 Å². The molecule has 104 valence electrons. The fourth-order valence-electron chi connectivity index (χ4n) is 2.44. The van der Waals surface area contributed by atoms with Crippen molar-refractivity contribution in [3.8, 4) is 0 Å². The zero-order chi connectivity index (χ0) is 13.7. The number of nitrogens with one attached hydrogen (secondary N) is 2. The molecule has 19 heavy (non-hydrogen) atoms. The molecule has 1 fully saturated rings. The second kappa shape index (κ2) is 6.71. The second-order valence-corrected chi connectivity index (χ2v) is 5.61. The Bertz CT molecular complexity index is 412. The van der Waals surface area contributed by atoms with E-state index in [-0.39, 0.29) is 11.9 Å². The third-order valence-corrected chi connectivity index (χ3v) is 3.70. The highest BCUT2D eigenvalue weighted by Crippen LogP contribution is 2.16. The van der Waals surface area contributed by atoms with Crippen LogP contribution < -0.4 is 10.6 Å². The van der Waals surface area contributed by atoms with Gasteiger partial charge in [-0.2, -0.15) is 0 Å². The fourth-order valence-corrected chi connectivity index (χ4v) is 2.44. The first-order chi connectivity index (χ1) is 9.16. The zero-order valence-electron chi connectivity index (χ0n) is 11.9. The first-order valence-electron chi connectivity index (χ1n) is 7.28. The number of rotatable bonds is 3. The van der Waals surface area contributed by atoms with E-state index in [1.165, 1.54) is 12.0 Å². The molecule has 3 nitrogen and oxygen atoms in total. The van der Waals surface area contributed by atoms with E-state index in [2.05, 4.69) is 42.7 Å². The Morgan fingerprint density at radius 1 is 1.37 bits per heavy atom. The van der Waals surface area contributed by atoms with Gasteiger partial charge in [-0.25, -0.2) is 0 Å². The summed E-state index contributed by atoms with van der Waals surface area (Å²) in [5.74, 6) is 0.628. The van der Waals surface area contributed by atoms with Gasteiger partial charge in [0.1, 0.15) is 0 Å². The summed E-state index contributed by atoms with van der Waals surface area (Å²) in [5, 5.41) is 6.33. The lowest BCUT2D eigenvalue weighted by atomic mass is 10.0. The average molecular weight is 260 g/mol. The summed E-state index contributed by atoms with van der Waals surface area (Å²) in [4.78, 5) is 12.1. The van der Waals surface area contributed by atoms with Crippen LogP contribution in [0.3, 0.4) is 0 Å². The lowest BCUT2D eigenvalue weighted by molar-refractivity contribution is -0.122. The quantitative estimate of drug-likeness (QED) is 0.819. The van der Waals surface area contributed by atoms with Gasteiger partial charge in [0, 0.05) is 12.1 Å². The largest absolute Gasteiger partial charge is 0.328 e. The van der Waals surface area contributed by atoms with E-state index in [1.54, 1.807) is 0 Å².